The summed E-state index contributed by atoms with van der Waals surface area (Å²) in [6.45, 7) is -0.782. The molecule has 18 heavy (non-hydrogen) atoms. The van der Waals surface area contributed by atoms with Crippen LogP contribution in [-0.4, -0.2) is 32.6 Å². The molecule has 1 aromatic carbocycles. The molecule has 1 unspecified atom stereocenters. The zero-order valence-electron chi connectivity index (χ0n) is 8.98. The molecule has 4 N–H and O–H groups in total. The third kappa shape index (κ3) is 3.87. The van der Waals surface area contributed by atoms with E-state index in [1.807, 2.05) is 4.72 Å². The van der Waals surface area contributed by atoms with Gasteiger partial charge in [-0.15, -0.1) is 0 Å². The van der Waals surface area contributed by atoms with E-state index in [9.17, 15) is 17.2 Å². The van der Waals surface area contributed by atoms with Gasteiger partial charge in [0.2, 0.25) is 10.0 Å². The number of hydrogen-bond acceptors (Lipinski definition) is 4. The molecule has 0 radical (unpaired) electrons. The lowest BCUT2D eigenvalue weighted by Crippen LogP contribution is -2.36. The van der Waals surface area contributed by atoms with E-state index in [0.29, 0.717) is 4.47 Å². The molecule has 1 aromatic rings. The molecule has 5 nitrogen and oxygen atoms in total. The van der Waals surface area contributed by atoms with Gasteiger partial charge in [-0.2, -0.15) is 0 Å². The lowest BCUT2D eigenvalue weighted by atomic mass is 10.3. The van der Waals surface area contributed by atoms with Gasteiger partial charge in [-0.3, -0.25) is 0 Å². The molecule has 9 heteroatoms. The van der Waals surface area contributed by atoms with Gasteiger partial charge in [0.25, 0.3) is 6.43 Å². The molecule has 0 aliphatic carbocycles. The number of benzene rings is 1. The fraction of sp³-hybridized carbons (Fsp3) is 0.333. The Kier molecular flexibility index (Phi) is 5.02. The summed E-state index contributed by atoms with van der Waals surface area (Å²) >= 11 is 3.11. The zero-order chi connectivity index (χ0) is 13.9. The summed E-state index contributed by atoms with van der Waals surface area (Å²) in [7, 11) is -4.03. The minimum atomic E-state index is -4.03. The molecule has 0 aromatic heterocycles. The maximum absolute atomic E-state index is 12.0. The highest BCUT2D eigenvalue weighted by Gasteiger charge is 2.22. The summed E-state index contributed by atoms with van der Waals surface area (Å²) in [5.74, 6) is 0. The van der Waals surface area contributed by atoms with E-state index in [1.54, 1.807) is 0 Å². The summed E-state index contributed by atoms with van der Waals surface area (Å²) in [6, 6.07) is 4.06. The third-order valence-corrected chi connectivity index (χ3v) is 4.03. The second-order valence-corrected chi connectivity index (χ2v) is 6.09. The summed E-state index contributed by atoms with van der Waals surface area (Å²) in [6.07, 6.45) is -5.08. The van der Waals surface area contributed by atoms with Gasteiger partial charge in [0, 0.05) is 11.0 Å². The SMILES string of the molecule is Nc1cc(Br)ccc1S(=O)(=O)NCC(O)C(F)F. The summed E-state index contributed by atoms with van der Waals surface area (Å²) in [4.78, 5) is -0.229. The standard InChI is InChI=1S/C9H11BrF2N2O3S/c10-5-1-2-8(6(13)3-5)18(16,17)14-4-7(15)9(11)12/h1-3,7,9,14-15H,4,13H2. The maximum atomic E-state index is 12.0. The van der Waals surface area contributed by atoms with E-state index in [1.165, 1.54) is 18.2 Å². The van der Waals surface area contributed by atoms with Crippen LogP contribution in [0.25, 0.3) is 0 Å². The summed E-state index contributed by atoms with van der Waals surface area (Å²) in [5.41, 5.74) is 5.49. The Bertz CT molecular complexity index is 525. The monoisotopic (exact) mass is 344 g/mol. The van der Waals surface area contributed by atoms with Crippen molar-refractivity contribution in [1.29, 1.82) is 0 Å². The van der Waals surface area contributed by atoms with Gasteiger partial charge < -0.3 is 10.8 Å². The first-order chi connectivity index (χ1) is 8.24. The van der Waals surface area contributed by atoms with Crippen molar-refractivity contribution in [2.45, 2.75) is 17.4 Å². The van der Waals surface area contributed by atoms with Gasteiger partial charge in [0.15, 0.2) is 0 Å². The fourth-order valence-corrected chi connectivity index (χ4v) is 2.67. The van der Waals surface area contributed by atoms with Crippen molar-refractivity contribution in [2.24, 2.45) is 0 Å². The van der Waals surface area contributed by atoms with Gasteiger partial charge >= 0.3 is 0 Å². The van der Waals surface area contributed by atoms with E-state index in [2.05, 4.69) is 15.9 Å². The highest BCUT2D eigenvalue weighted by atomic mass is 79.9. The van der Waals surface area contributed by atoms with Crippen LogP contribution in [0, 0.1) is 0 Å². The fourth-order valence-electron chi connectivity index (χ4n) is 1.13. The van der Waals surface area contributed by atoms with Gasteiger partial charge in [0.1, 0.15) is 11.0 Å². The average Bonchev–Trinajstić information content (AvgIpc) is 2.25. The van der Waals surface area contributed by atoms with E-state index in [0.717, 1.165) is 0 Å². The number of alkyl halides is 2. The van der Waals surface area contributed by atoms with Gasteiger partial charge in [-0.1, -0.05) is 15.9 Å². The Morgan fingerprint density at radius 3 is 2.56 bits per heavy atom. The molecule has 1 atom stereocenters. The molecular formula is C9H11BrF2N2O3S. The molecule has 0 aliphatic rings. The number of nitrogen functional groups attached to an aromatic ring is 1. The van der Waals surface area contributed by atoms with Gasteiger partial charge in [-0.25, -0.2) is 21.9 Å². The molecule has 0 saturated heterocycles. The molecule has 0 aliphatic heterocycles. The van der Waals surface area contributed by atoms with Crippen molar-refractivity contribution in [1.82, 2.24) is 4.72 Å². The van der Waals surface area contributed by atoms with Crippen LogP contribution in [0.3, 0.4) is 0 Å². The zero-order valence-corrected chi connectivity index (χ0v) is 11.4. The molecule has 0 amide bonds. The molecule has 0 heterocycles. The number of nitrogens with one attached hydrogen (secondary N) is 1. The summed E-state index contributed by atoms with van der Waals surface area (Å²) < 4.78 is 50.0. The topological polar surface area (TPSA) is 92.4 Å². The van der Waals surface area contributed by atoms with Crippen molar-refractivity contribution < 1.29 is 22.3 Å². The van der Waals surface area contributed by atoms with Crippen molar-refractivity contribution in [3.8, 4) is 0 Å². The number of hydrogen-bond donors (Lipinski definition) is 3. The quantitative estimate of drug-likeness (QED) is 0.693. The largest absolute Gasteiger partial charge is 0.398 e. The second-order valence-electron chi connectivity index (χ2n) is 3.44. The minimum absolute atomic E-state index is 0.0246. The highest BCUT2D eigenvalue weighted by Crippen LogP contribution is 2.22. The van der Waals surface area contributed by atoms with Crippen LogP contribution in [0.5, 0.6) is 0 Å². The maximum Gasteiger partial charge on any atom is 0.265 e. The first kappa shape index (κ1) is 15.3. The summed E-state index contributed by atoms with van der Waals surface area (Å²) in [5, 5.41) is 8.83. The predicted molar refractivity (Wildman–Crippen MR) is 65.8 cm³/mol. The van der Waals surface area contributed by atoms with Crippen LogP contribution in [0.2, 0.25) is 0 Å². The normalized spacial score (nSPS) is 13.8. The molecule has 1 rings (SSSR count). The first-order valence-corrected chi connectivity index (χ1v) is 7.02. The Labute approximate surface area is 111 Å². The number of nitrogens with two attached hydrogens (primary N) is 1. The highest BCUT2D eigenvalue weighted by molar-refractivity contribution is 9.10. The number of rotatable bonds is 5. The van der Waals surface area contributed by atoms with Crippen molar-refractivity contribution in [3.05, 3.63) is 22.7 Å². The first-order valence-electron chi connectivity index (χ1n) is 4.75. The van der Waals surface area contributed by atoms with Crippen LogP contribution >= 0.6 is 15.9 Å². The lowest BCUT2D eigenvalue weighted by molar-refractivity contribution is -0.000450. The number of aliphatic hydroxyl groups is 1. The van der Waals surface area contributed by atoms with E-state index < -0.39 is 29.1 Å². The average molecular weight is 345 g/mol. The van der Waals surface area contributed by atoms with Crippen LogP contribution < -0.4 is 10.5 Å². The molecule has 0 saturated carbocycles. The van der Waals surface area contributed by atoms with Crippen molar-refractivity contribution >= 4 is 31.6 Å². The van der Waals surface area contributed by atoms with Crippen LogP contribution in [0.15, 0.2) is 27.6 Å². The van der Waals surface area contributed by atoms with Crippen molar-refractivity contribution in [3.63, 3.8) is 0 Å². The number of sulfonamides is 1. The number of halogens is 3. The predicted octanol–water partition coefficient (Wildman–Crippen LogP) is 0.936. The second kappa shape index (κ2) is 5.91. The van der Waals surface area contributed by atoms with Gasteiger partial charge in [0.05, 0.1) is 5.69 Å². The van der Waals surface area contributed by atoms with Crippen molar-refractivity contribution in [2.75, 3.05) is 12.3 Å². The Morgan fingerprint density at radius 1 is 1.44 bits per heavy atom. The molecule has 0 spiro atoms. The minimum Gasteiger partial charge on any atom is -0.398 e. The number of anilines is 1. The van der Waals surface area contributed by atoms with E-state index >= 15 is 0 Å². The van der Waals surface area contributed by atoms with Crippen LogP contribution in [0.4, 0.5) is 14.5 Å². The Hall–Kier alpha value is -0.770. The molecule has 0 bridgehead atoms. The van der Waals surface area contributed by atoms with Gasteiger partial charge in [-0.05, 0) is 18.2 Å². The van der Waals surface area contributed by atoms with Crippen LogP contribution in [0.1, 0.15) is 0 Å². The molecule has 102 valence electrons. The third-order valence-electron chi connectivity index (χ3n) is 2.03. The molecular weight excluding hydrogens is 334 g/mol. The Balaban J connectivity index is 2.87. The van der Waals surface area contributed by atoms with E-state index in [4.69, 9.17) is 10.8 Å². The van der Waals surface area contributed by atoms with E-state index in [-0.39, 0.29) is 10.6 Å². The Morgan fingerprint density at radius 2 is 2.06 bits per heavy atom. The van der Waals surface area contributed by atoms with Crippen LogP contribution in [-0.2, 0) is 10.0 Å². The molecule has 0 fully saturated rings. The lowest BCUT2D eigenvalue weighted by Gasteiger charge is -2.12. The number of aliphatic hydroxyl groups excluding tert-OH is 1. The smallest absolute Gasteiger partial charge is 0.265 e.